The number of rotatable bonds is 5. The first-order chi connectivity index (χ1) is 17.5. The molecule has 222 valence electrons. The first-order valence-corrected chi connectivity index (χ1v) is 13.8. The molecule has 0 radical (unpaired) electrons. The maximum atomic E-state index is 12.6. The van der Waals surface area contributed by atoms with E-state index in [4.69, 9.17) is 18.9 Å². The molecule has 11 heteroatoms. The van der Waals surface area contributed by atoms with Gasteiger partial charge in [-0.15, -0.1) is 0 Å². The summed E-state index contributed by atoms with van der Waals surface area (Å²) in [7, 11) is 0. The lowest BCUT2D eigenvalue weighted by Crippen LogP contribution is -2.54. The van der Waals surface area contributed by atoms with Crippen LogP contribution in [0, 0.1) is 0 Å². The van der Waals surface area contributed by atoms with E-state index in [0.29, 0.717) is 59.0 Å². The van der Waals surface area contributed by atoms with E-state index in [-0.39, 0.29) is 37.7 Å². The average molecular weight is 545 g/mol. The first kappa shape index (κ1) is 32.9. The summed E-state index contributed by atoms with van der Waals surface area (Å²) in [5.74, 6) is -1.29. The zero-order valence-corrected chi connectivity index (χ0v) is 24.9. The van der Waals surface area contributed by atoms with Gasteiger partial charge in [0.05, 0.1) is 38.4 Å². The van der Waals surface area contributed by atoms with Crippen LogP contribution in [0.4, 0.5) is 0 Å². The van der Waals surface area contributed by atoms with Crippen molar-refractivity contribution in [1.82, 2.24) is 20.0 Å². The molecule has 0 aromatic heterocycles. The fraction of sp³-hybridized carbons (Fsp3) is 0.926. The van der Waals surface area contributed by atoms with E-state index in [0.717, 1.165) is 0 Å². The van der Waals surface area contributed by atoms with E-state index in [9.17, 15) is 14.7 Å². The van der Waals surface area contributed by atoms with E-state index < -0.39 is 23.1 Å². The average Bonchev–Trinajstić information content (AvgIpc) is 2.87. The van der Waals surface area contributed by atoms with Crippen molar-refractivity contribution >= 4 is 11.9 Å². The summed E-state index contributed by atoms with van der Waals surface area (Å²) in [5.41, 5.74) is -1.08. The summed E-state index contributed by atoms with van der Waals surface area (Å²) >= 11 is 0. The summed E-state index contributed by atoms with van der Waals surface area (Å²) in [6.45, 7) is 20.9. The van der Waals surface area contributed by atoms with Crippen molar-refractivity contribution in [2.24, 2.45) is 0 Å². The van der Waals surface area contributed by atoms with Crippen LogP contribution in [0.15, 0.2) is 0 Å². The number of nitrogens with one attached hydrogen (secondary N) is 1. The second-order valence-corrected chi connectivity index (χ2v) is 12.7. The molecule has 0 saturated carbocycles. The molecule has 0 unspecified atom stereocenters. The zero-order valence-electron chi connectivity index (χ0n) is 24.9. The van der Waals surface area contributed by atoms with Gasteiger partial charge in [-0.25, -0.2) is 0 Å². The number of carbonyl (C=O) groups is 2. The SMILES string of the molecule is CC(C)(C)OC(=O)CN1CCNCCN(CC(=O)OC(C)(C)C)CCN([C@@H]2COC(C)(C)OC[C@H]2O)CC1. The Bertz CT molecular complexity index is 707. The Kier molecular flexibility index (Phi) is 12.4. The van der Waals surface area contributed by atoms with Crippen molar-refractivity contribution in [3.05, 3.63) is 0 Å². The monoisotopic (exact) mass is 544 g/mol. The number of esters is 2. The fourth-order valence-electron chi connectivity index (χ4n) is 4.42. The van der Waals surface area contributed by atoms with Gasteiger partial charge in [-0.3, -0.25) is 24.3 Å². The largest absolute Gasteiger partial charge is 0.459 e. The van der Waals surface area contributed by atoms with Crippen molar-refractivity contribution in [3.8, 4) is 0 Å². The lowest BCUT2D eigenvalue weighted by atomic mass is 10.1. The highest BCUT2D eigenvalue weighted by Gasteiger charge is 2.35. The summed E-state index contributed by atoms with van der Waals surface area (Å²) in [5, 5.41) is 14.4. The second kappa shape index (κ2) is 14.3. The maximum absolute atomic E-state index is 12.6. The van der Waals surface area contributed by atoms with E-state index in [1.165, 1.54) is 0 Å². The number of aliphatic hydroxyl groups excluding tert-OH is 1. The molecular formula is C27H52N4O7. The maximum Gasteiger partial charge on any atom is 0.320 e. The Morgan fingerprint density at radius 2 is 1.26 bits per heavy atom. The molecule has 2 rings (SSSR count). The molecule has 0 spiro atoms. The van der Waals surface area contributed by atoms with Crippen LogP contribution in [0.5, 0.6) is 0 Å². The molecule has 2 aliphatic rings. The van der Waals surface area contributed by atoms with Crippen LogP contribution >= 0.6 is 0 Å². The fourth-order valence-corrected chi connectivity index (χ4v) is 4.42. The number of hydrogen-bond donors (Lipinski definition) is 2. The van der Waals surface area contributed by atoms with Crippen LogP contribution in [-0.4, -0.2) is 140 Å². The minimum absolute atomic E-state index is 0.168. The van der Waals surface area contributed by atoms with Crippen LogP contribution in [0.2, 0.25) is 0 Å². The summed E-state index contributed by atoms with van der Waals surface area (Å²) in [6.07, 6.45) is -0.732. The third-order valence-corrected chi connectivity index (χ3v) is 6.28. The number of carbonyl (C=O) groups excluding carboxylic acids is 2. The van der Waals surface area contributed by atoms with Gasteiger partial charge in [-0.1, -0.05) is 0 Å². The molecular weight excluding hydrogens is 492 g/mol. The molecule has 2 N–H and O–H groups in total. The molecule has 11 nitrogen and oxygen atoms in total. The predicted octanol–water partition coefficient (Wildman–Crippen LogP) is 0.691. The Hall–Kier alpha value is -1.34. The minimum Gasteiger partial charge on any atom is -0.459 e. The van der Waals surface area contributed by atoms with Crippen molar-refractivity contribution < 1.29 is 33.6 Å². The Labute approximate surface area is 229 Å². The number of nitrogens with zero attached hydrogens (tertiary/aromatic N) is 3. The van der Waals surface area contributed by atoms with Gasteiger partial charge in [0.25, 0.3) is 0 Å². The van der Waals surface area contributed by atoms with Crippen molar-refractivity contribution in [2.75, 3.05) is 78.7 Å². The quantitative estimate of drug-likeness (QED) is 0.477. The van der Waals surface area contributed by atoms with E-state index in [1.807, 2.05) is 55.4 Å². The number of ether oxygens (including phenoxy) is 4. The van der Waals surface area contributed by atoms with Gasteiger partial charge in [-0.2, -0.15) is 0 Å². The molecule has 0 bridgehead atoms. The number of hydrogen-bond acceptors (Lipinski definition) is 11. The highest BCUT2D eigenvalue weighted by molar-refractivity contribution is 5.72. The molecule has 2 aliphatic heterocycles. The summed E-state index contributed by atoms with van der Waals surface area (Å²) < 4.78 is 22.8. The smallest absolute Gasteiger partial charge is 0.320 e. The molecule has 2 atom stereocenters. The predicted molar refractivity (Wildman–Crippen MR) is 145 cm³/mol. The van der Waals surface area contributed by atoms with Gasteiger partial charge in [-0.05, 0) is 55.4 Å². The third kappa shape index (κ3) is 13.1. The number of aliphatic hydroxyl groups is 1. The Morgan fingerprint density at radius 3 is 1.71 bits per heavy atom. The molecule has 0 aliphatic carbocycles. The molecule has 38 heavy (non-hydrogen) atoms. The molecule has 0 aromatic rings. The van der Waals surface area contributed by atoms with Crippen molar-refractivity contribution in [3.63, 3.8) is 0 Å². The highest BCUT2D eigenvalue weighted by Crippen LogP contribution is 2.21. The van der Waals surface area contributed by atoms with Crippen LogP contribution < -0.4 is 5.32 Å². The third-order valence-electron chi connectivity index (χ3n) is 6.28. The molecule has 0 amide bonds. The van der Waals surface area contributed by atoms with Gasteiger partial charge in [0, 0.05) is 52.4 Å². The van der Waals surface area contributed by atoms with E-state index in [1.54, 1.807) is 0 Å². The summed E-state index contributed by atoms with van der Waals surface area (Å²) in [4.78, 5) is 31.5. The Morgan fingerprint density at radius 1 is 0.816 bits per heavy atom. The lowest BCUT2D eigenvalue weighted by Gasteiger charge is -2.37. The van der Waals surface area contributed by atoms with Gasteiger partial charge < -0.3 is 29.4 Å². The molecule has 2 saturated heterocycles. The lowest BCUT2D eigenvalue weighted by molar-refractivity contribution is -0.204. The second-order valence-electron chi connectivity index (χ2n) is 12.7. The van der Waals surface area contributed by atoms with Crippen molar-refractivity contribution in [1.29, 1.82) is 0 Å². The minimum atomic E-state index is -0.778. The standard InChI is InChI=1S/C27H52N4O7/c1-25(2,3)37-23(33)17-29-11-9-28-10-12-30(18-24(34)38-26(4,5)6)14-16-31(15-13-29)21-19-35-27(7,8)36-20-22(21)32/h21-22,28,32H,9-20H2,1-8H3/t21-,22-/m1/s1. The first-order valence-electron chi connectivity index (χ1n) is 13.8. The van der Waals surface area contributed by atoms with E-state index >= 15 is 0 Å². The highest BCUT2D eigenvalue weighted by atomic mass is 16.7. The van der Waals surface area contributed by atoms with Gasteiger partial charge >= 0.3 is 11.9 Å². The zero-order chi connectivity index (χ0) is 28.6. The normalized spacial score (nSPS) is 26.0. The Balaban J connectivity index is 2.16. The topological polar surface area (TPSA) is 113 Å². The molecule has 2 fully saturated rings. The molecule has 2 heterocycles. The van der Waals surface area contributed by atoms with Crippen LogP contribution in [0.25, 0.3) is 0 Å². The van der Waals surface area contributed by atoms with Gasteiger partial charge in [0.2, 0.25) is 0 Å². The van der Waals surface area contributed by atoms with Gasteiger partial charge in [0.1, 0.15) is 11.2 Å². The van der Waals surface area contributed by atoms with E-state index in [2.05, 4.69) is 20.0 Å². The van der Waals surface area contributed by atoms with Gasteiger partial charge in [0.15, 0.2) is 5.79 Å². The molecule has 0 aromatic carbocycles. The summed E-state index contributed by atoms with van der Waals surface area (Å²) in [6, 6.07) is -0.287. The van der Waals surface area contributed by atoms with Crippen LogP contribution in [0.3, 0.4) is 0 Å². The van der Waals surface area contributed by atoms with Crippen LogP contribution in [-0.2, 0) is 28.5 Å². The van der Waals surface area contributed by atoms with Crippen LogP contribution in [0.1, 0.15) is 55.4 Å². The van der Waals surface area contributed by atoms with Crippen molar-refractivity contribution in [2.45, 2.75) is 84.5 Å².